The highest BCUT2D eigenvalue weighted by Crippen LogP contribution is 2.37. The molecule has 1 heterocycles. The average Bonchev–Trinajstić information content (AvgIpc) is 2.60. The zero-order valence-corrected chi connectivity index (χ0v) is 11.3. The Kier molecular flexibility index (Phi) is 3.68. The minimum Gasteiger partial charge on any atom is -0.460 e. The van der Waals surface area contributed by atoms with E-state index in [0.29, 0.717) is 5.56 Å². The van der Waals surface area contributed by atoms with Crippen LogP contribution in [-0.4, -0.2) is 11.8 Å². The van der Waals surface area contributed by atoms with Gasteiger partial charge in [-0.1, -0.05) is 35.3 Å². The Labute approximate surface area is 118 Å². The summed E-state index contributed by atoms with van der Waals surface area (Å²) in [6.07, 6.45) is -1.06. The number of benzene rings is 1. The SMILES string of the molecule is CC(=O)OC1=C(N)OC(c2cccc(Cl)c2Cl)C1=O. The van der Waals surface area contributed by atoms with Crippen LogP contribution in [-0.2, 0) is 19.1 Å². The van der Waals surface area contributed by atoms with Gasteiger partial charge in [-0.15, -0.1) is 0 Å². The maximum absolute atomic E-state index is 12.1. The first-order chi connectivity index (χ1) is 8.91. The van der Waals surface area contributed by atoms with Gasteiger partial charge in [-0.3, -0.25) is 9.59 Å². The molecule has 5 nitrogen and oxygen atoms in total. The van der Waals surface area contributed by atoms with Crippen molar-refractivity contribution >= 4 is 35.0 Å². The molecule has 0 saturated carbocycles. The van der Waals surface area contributed by atoms with Crippen LogP contribution in [0.5, 0.6) is 0 Å². The lowest BCUT2D eigenvalue weighted by Crippen LogP contribution is -2.13. The topological polar surface area (TPSA) is 78.6 Å². The van der Waals surface area contributed by atoms with Gasteiger partial charge in [0.15, 0.2) is 6.10 Å². The van der Waals surface area contributed by atoms with Gasteiger partial charge in [0.2, 0.25) is 17.4 Å². The Bertz CT molecular complexity index is 597. The lowest BCUT2D eigenvalue weighted by molar-refractivity contribution is -0.140. The molecule has 1 aromatic rings. The molecule has 1 unspecified atom stereocenters. The van der Waals surface area contributed by atoms with Crippen LogP contribution in [0.3, 0.4) is 0 Å². The Morgan fingerprint density at radius 2 is 2.11 bits per heavy atom. The summed E-state index contributed by atoms with van der Waals surface area (Å²) in [6, 6.07) is 4.79. The van der Waals surface area contributed by atoms with E-state index in [1.54, 1.807) is 18.2 Å². The molecule has 1 aliphatic rings. The number of ketones is 1. The fraction of sp³-hybridized carbons (Fsp3) is 0.167. The van der Waals surface area contributed by atoms with Gasteiger partial charge in [-0.2, -0.15) is 0 Å². The number of rotatable bonds is 2. The second kappa shape index (κ2) is 5.11. The van der Waals surface area contributed by atoms with E-state index < -0.39 is 17.9 Å². The summed E-state index contributed by atoms with van der Waals surface area (Å²) >= 11 is 11.9. The van der Waals surface area contributed by atoms with E-state index in [1.807, 2.05) is 0 Å². The Balaban J connectivity index is 2.34. The summed E-state index contributed by atoms with van der Waals surface area (Å²) in [4.78, 5) is 23.0. The van der Waals surface area contributed by atoms with Gasteiger partial charge in [-0.25, -0.2) is 0 Å². The molecule has 7 heteroatoms. The van der Waals surface area contributed by atoms with Crippen molar-refractivity contribution in [1.29, 1.82) is 0 Å². The number of halogens is 2. The number of hydrogen-bond donors (Lipinski definition) is 1. The molecule has 0 radical (unpaired) electrons. The first-order valence-corrected chi connectivity index (χ1v) is 6.00. The molecular weight excluding hydrogens is 293 g/mol. The lowest BCUT2D eigenvalue weighted by atomic mass is 10.1. The summed E-state index contributed by atoms with van der Waals surface area (Å²) in [5.74, 6) is -1.79. The second-order valence-corrected chi connectivity index (χ2v) is 4.58. The number of nitrogens with two attached hydrogens (primary N) is 1. The van der Waals surface area contributed by atoms with E-state index in [2.05, 4.69) is 0 Å². The van der Waals surface area contributed by atoms with Gasteiger partial charge in [0.1, 0.15) is 0 Å². The van der Waals surface area contributed by atoms with Crippen LogP contribution < -0.4 is 5.73 Å². The van der Waals surface area contributed by atoms with Gasteiger partial charge >= 0.3 is 5.97 Å². The van der Waals surface area contributed by atoms with E-state index >= 15 is 0 Å². The minimum absolute atomic E-state index is 0.194. The molecule has 1 aliphatic heterocycles. The largest absolute Gasteiger partial charge is 0.460 e. The molecule has 0 bridgehead atoms. The number of esters is 1. The van der Waals surface area contributed by atoms with Crippen LogP contribution in [0.15, 0.2) is 29.8 Å². The molecule has 0 spiro atoms. The van der Waals surface area contributed by atoms with E-state index in [0.717, 1.165) is 6.92 Å². The number of hydrogen-bond acceptors (Lipinski definition) is 5. The number of carbonyl (C=O) groups excluding carboxylic acids is 2. The van der Waals surface area contributed by atoms with Crippen molar-refractivity contribution in [1.82, 2.24) is 0 Å². The van der Waals surface area contributed by atoms with Gasteiger partial charge < -0.3 is 15.2 Å². The normalized spacial score (nSPS) is 18.5. The minimum atomic E-state index is -1.06. The molecular formula is C12H9Cl2NO4. The molecule has 0 amide bonds. The first kappa shape index (κ1) is 13.7. The maximum atomic E-state index is 12.1. The first-order valence-electron chi connectivity index (χ1n) is 5.24. The Morgan fingerprint density at radius 1 is 1.42 bits per heavy atom. The predicted molar refractivity (Wildman–Crippen MR) is 68.3 cm³/mol. The van der Waals surface area contributed by atoms with Crippen LogP contribution in [0.25, 0.3) is 0 Å². The van der Waals surface area contributed by atoms with Crippen molar-refractivity contribution in [3.63, 3.8) is 0 Å². The van der Waals surface area contributed by atoms with Gasteiger partial charge in [0.05, 0.1) is 10.0 Å². The molecule has 2 N–H and O–H groups in total. The van der Waals surface area contributed by atoms with Crippen LogP contribution in [0, 0.1) is 0 Å². The summed E-state index contributed by atoms with van der Waals surface area (Å²) in [6.45, 7) is 1.16. The highest BCUT2D eigenvalue weighted by molar-refractivity contribution is 6.42. The third-order valence-electron chi connectivity index (χ3n) is 2.44. The van der Waals surface area contributed by atoms with Crippen molar-refractivity contribution in [2.45, 2.75) is 13.0 Å². The van der Waals surface area contributed by atoms with Crippen LogP contribution >= 0.6 is 23.2 Å². The smallest absolute Gasteiger partial charge is 0.308 e. The third-order valence-corrected chi connectivity index (χ3v) is 3.27. The molecule has 1 atom stereocenters. The highest BCUT2D eigenvalue weighted by atomic mass is 35.5. The van der Waals surface area contributed by atoms with Crippen molar-refractivity contribution in [3.8, 4) is 0 Å². The van der Waals surface area contributed by atoms with Crippen LogP contribution in [0.2, 0.25) is 10.0 Å². The van der Waals surface area contributed by atoms with Crippen LogP contribution in [0.1, 0.15) is 18.6 Å². The molecule has 0 fully saturated rings. The molecule has 2 rings (SSSR count). The fourth-order valence-corrected chi connectivity index (χ4v) is 2.05. The summed E-state index contributed by atoms with van der Waals surface area (Å²) in [5.41, 5.74) is 5.88. The van der Waals surface area contributed by atoms with Crippen molar-refractivity contribution < 1.29 is 19.1 Å². The van der Waals surface area contributed by atoms with Gasteiger partial charge in [-0.05, 0) is 6.07 Å². The van der Waals surface area contributed by atoms with Crippen LogP contribution in [0.4, 0.5) is 0 Å². The van der Waals surface area contributed by atoms with Crippen molar-refractivity contribution in [3.05, 3.63) is 45.5 Å². The number of ether oxygens (including phenoxy) is 2. The van der Waals surface area contributed by atoms with Crippen molar-refractivity contribution in [2.24, 2.45) is 5.73 Å². The van der Waals surface area contributed by atoms with E-state index in [1.165, 1.54) is 0 Å². The maximum Gasteiger partial charge on any atom is 0.308 e. The molecule has 0 aromatic heterocycles. The van der Waals surface area contributed by atoms with E-state index in [9.17, 15) is 9.59 Å². The molecule has 0 aliphatic carbocycles. The molecule has 0 saturated heterocycles. The molecule has 19 heavy (non-hydrogen) atoms. The standard InChI is InChI=1S/C12H9Cl2NO4/c1-5(16)18-11-9(17)10(19-12(11)15)6-3-2-4-7(13)8(6)14/h2-4,10H,15H2,1H3. The van der Waals surface area contributed by atoms with Gasteiger partial charge in [0, 0.05) is 12.5 Å². The second-order valence-electron chi connectivity index (χ2n) is 3.79. The van der Waals surface area contributed by atoms with E-state index in [4.69, 9.17) is 38.4 Å². The number of Topliss-reactive ketones (excluding diaryl/α,β-unsaturated/α-hetero) is 1. The summed E-state index contributed by atoms with van der Waals surface area (Å²) in [7, 11) is 0. The van der Waals surface area contributed by atoms with Gasteiger partial charge in [0.25, 0.3) is 0 Å². The summed E-state index contributed by atoms with van der Waals surface area (Å²) in [5, 5.41) is 0.481. The average molecular weight is 302 g/mol. The Hall–Kier alpha value is -1.72. The third kappa shape index (κ3) is 2.52. The monoisotopic (exact) mass is 301 g/mol. The van der Waals surface area contributed by atoms with Crippen molar-refractivity contribution in [2.75, 3.05) is 0 Å². The zero-order chi connectivity index (χ0) is 14.2. The molecule has 1 aromatic carbocycles. The van der Waals surface area contributed by atoms with E-state index in [-0.39, 0.29) is 21.7 Å². The quantitative estimate of drug-likeness (QED) is 0.848. The highest BCUT2D eigenvalue weighted by Gasteiger charge is 2.39. The fourth-order valence-electron chi connectivity index (χ4n) is 1.65. The lowest BCUT2D eigenvalue weighted by Gasteiger charge is -2.12. The zero-order valence-electron chi connectivity index (χ0n) is 9.78. The number of carbonyl (C=O) groups is 2. The predicted octanol–water partition coefficient (Wildman–Crippen LogP) is 2.32. The Morgan fingerprint density at radius 3 is 2.74 bits per heavy atom. The molecule has 100 valence electrons. The summed E-state index contributed by atoms with van der Waals surface area (Å²) < 4.78 is 9.92.